The predicted octanol–water partition coefficient (Wildman–Crippen LogP) is 3.52. The summed E-state index contributed by atoms with van der Waals surface area (Å²) in [6.07, 6.45) is 5.10. The second-order valence-corrected chi connectivity index (χ2v) is 4.65. The number of phenols is 3. The Kier molecular flexibility index (Phi) is 3.20. The van der Waals surface area contributed by atoms with Gasteiger partial charge >= 0.3 is 0 Å². The van der Waals surface area contributed by atoms with Crippen LogP contribution in [0.25, 0.3) is 23.1 Å². The van der Waals surface area contributed by atoms with Crippen molar-refractivity contribution in [3.63, 3.8) is 0 Å². The van der Waals surface area contributed by atoms with E-state index in [1.54, 1.807) is 18.3 Å². The lowest BCUT2D eigenvalue weighted by Crippen LogP contribution is -1.82. The number of pyridine rings is 1. The zero-order valence-electron chi connectivity index (χ0n) is 11.1. The Bertz CT molecular complexity index is 812. The zero-order valence-corrected chi connectivity index (χ0v) is 11.1. The molecule has 4 heteroatoms. The first-order valence-electron chi connectivity index (χ1n) is 6.42. The second kappa shape index (κ2) is 5.17. The molecule has 0 spiro atoms. The molecule has 0 aliphatic heterocycles. The normalized spacial score (nSPS) is 11.2. The first kappa shape index (κ1) is 13.0. The summed E-state index contributed by atoms with van der Waals surface area (Å²) in [6.45, 7) is 0. The quantitative estimate of drug-likeness (QED) is 0.671. The fraction of sp³-hybridized carbons (Fsp3) is 0. The summed E-state index contributed by atoms with van der Waals surface area (Å²) in [5.41, 5.74) is 2.06. The molecule has 0 atom stereocenters. The predicted molar refractivity (Wildman–Crippen MR) is 82.1 cm³/mol. The van der Waals surface area contributed by atoms with E-state index in [0.29, 0.717) is 0 Å². The molecule has 0 amide bonds. The Balaban J connectivity index is 2.07. The number of para-hydroxylation sites is 1. The lowest BCUT2D eigenvalue weighted by molar-refractivity contribution is 0.426. The third-order valence-electron chi connectivity index (χ3n) is 3.23. The first-order chi connectivity index (χ1) is 10.1. The van der Waals surface area contributed by atoms with E-state index < -0.39 is 0 Å². The number of rotatable bonds is 2. The molecule has 3 aromatic rings. The molecule has 0 bridgehead atoms. The summed E-state index contributed by atoms with van der Waals surface area (Å²) >= 11 is 0. The van der Waals surface area contributed by atoms with Gasteiger partial charge in [-0.05, 0) is 23.8 Å². The van der Waals surface area contributed by atoms with E-state index in [-0.39, 0.29) is 22.8 Å². The van der Waals surface area contributed by atoms with Gasteiger partial charge in [-0.3, -0.25) is 4.98 Å². The van der Waals surface area contributed by atoms with Crippen molar-refractivity contribution in [3.05, 3.63) is 59.8 Å². The molecular formula is C17H13NO3. The van der Waals surface area contributed by atoms with Crippen molar-refractivity contribution >= 4 is 23.1 Å². The SMILES string of the molecule is Oc1cc(O)c(/C=C/c2ccnc3ccccc23)c(O)c1. The van der Waals surface area contributed by atoms with Gasteiger partial charge in [0.25, 0.3) is 0 Å². The van der Waals surface area contributed by atoms with E-state index in [0.717, 1.165) is 16.5 Å². The highest BCUT2D eigenvalue weighted by Gasteiger charge is 2.07. The van der Waals surface area contributed by atoms with Crippen LogP contribution < -0.4 is 0 Å². The minimum atomic E-state index is -0.184. The number of fused-ring (bicyclic) bond motifs is 1. The molecule has 0 aliphatic rings. The van der Waals surface area contributed by atoms with Gasteiger partial charge in [-0.1, -0.05) is 24.3 Å². The third kappa shape index (κ3) is 2.51. The van der Waals surface area contributed by atoms with Crippen LogP contribution in [0.15, 0.2) is 48.7 Å². The fourth-order valence-electron chi connectivity index (χ4n) is 2.22. The van der Waals surface area contributed by atoms with Gasteiger partial charge in [0.15, 0.2) is 0 Å². The highest BCUT2D eigenvalue weighted by atomic mass is 16.3. The highest BCUT2D eigenvalue weighted by molar-refractivity contribution is 5.91. The van der Waals surface area contributed by atoms with Crippen molar-refractivity contribution in [2.45, 2.75) is 0 Å². The minimum Gasteiger partial charge on any atom is -0.508 e. The van der Waals surface area contributed by atoms with Crippen molar-refractivity contribution in [3.8, 4) is 17.2 Å². The van der Waals surface area contributed by atoms with Gasteiger partial charge < -0.3 is 15.3 Å². The van der Waals surface area contributed by atoms with Gasteiger partial charge in [-0.25, -0.2) is 0 Å². The highest BCUT2D eigenvalue weighted by Crippen LogP contribution is 2.33. The molecule has 1 heterocycles. The first-order valence-corrected chi connectivity index (χ1v) is 6.42. The fourth-order valence-corrected chi connectivity index (χ4v) is 2.22. The number of aromatic hydroxyl groups is 3. The van der Waals surface area contributed by atoms with Gasteiger partial charge in [0, 0.05) is 23.7 Å². The van der Waals surface area contributed by atoms with Crippen molar-refractivity contribution < 1.29 is 15.3 Å². The van der Waals surface area contributed by atoms with Crippen molar-refractivity contribution in [2.75, 3.05) is 0 Å². The van der Waals surface area contributed by atoms with Crippen LogP contribution in [0, 0.1) is 0 Å². The zero-order chi connectivity index (χ0) is 14.8. The van der Waals surface area contributed by atoms with Crippen molar-refractivity contribution in [1.29, 1.82) is 0 Å². The molecule has 0 unspecified atom stereocenters. The van der Waals surface area contributed by atoms with Gasteiger partial charge in [-0.15, -0.1) is 0 Å². The maximum absolute atomic E-state index is 9.78. The minimum absolute atomic E-state index is 0.179. The number of benzene rings is 2. The summed E-state index contributed by atoms with van der Waals surface area (Å²) in [7, 11) is 0. The van der Waals surface area contributed by atoms with Crippen molar-refractivity contribution in [1.82, 2.24) is 4.98 Å². The van der Waals surface area contributed by atoms with E-state index >= 15 is 0 Å². The number of hydrogen-bond acceptors (Lipinski definition) is 4. The number of hydrogen-bond donors (Lipinski definition) is 3. The molecular weight excluding hydrogens is 266 g/mol. The Labute approximate surface area is 121 Å². The van der Waals surface area contributed by atoms with Crippen LogP contribution >= 0.6 is 0 Å². The second-order valence-electron chi connectivity index (χ2n) is 4.65. The Morgan fingerprint density at radius 1 is 0.857 bits per heavy atom. The van der Waals surface area contributed by atoms with E-state index in [2.05, 4.69) is 4.98 Å². The Morgan fingerprint density at radius 2 is 1.57 bits per heavy atom. The molecule has 0 saturated carbocycles. The van der Waals surface area contributed by atoms with Crippen LogP contribution in [0.2, 0.25) is 0 Å². The Hall–Kier alpha value is -3.01. The molecule has 4 nitrogen and oxygen atoms in total. The van der Waals surface area contributed by atoms with Crippen molar-refractivity contribution in [2.24, 2.45) is 0 Å². The van der Waals surface area contributed by atoms with Gasteiger partial charge in [-0.2, -0.15) is 0 Å². The van der Waals surface area contributed by atoms with Crippen LogP contribution in [0.4, 0.5) is 0 Å². The molecule has 21 heavy (non-hydrogen) atoms. The van der Waals surface area contributed by atoms with Gasteiger partial charge in [0.05, 0.1) is 11.1 Å². The maximum atomic E-state index is 9.78. The summed E-state index contributed by atoms with van der Waals surface area (Å²) < 4.78 is 0. The standard InChI is InChI=1S/C17H13NO3/c19-12-9-16(20)14(17(21)10-12)6-5-11-7-8-18-15-4-2-1-3-13(11)15/h1-10,19-21H/b6-5+. The molecule has 104 valence electrons. The van der Waals surface area contributed by atoms with Gasteiger partial charge in [0.2, 0.25) is 0 Å². The molecule has 2 aromatic carbocycles. The molecule has 0 aliphatic carbocycles. The number of aromatic nitrogens is 1. The average Bonchev–Trinajstić information content (AvgIpc) is 2.46. The third-order valence-corrected chi connectivity index (χ3v) is 3.23. The van der Waals surface area contributed by atoms with Crippen LogP contribution in [0.1, 0.15) is 11.1 Å². The Morgan fingerprint density at radius 3 is 2.33 bits per heavy atom. The lowest BCUT2D eigenvalue weighted by atomic mass is 10.1. The van der Waals surface area contributed by atoms with Crippen LogP contribution in [0.3, 0.4) is 0 Å². The largest absolute Gasteiger partial charge is 0.508 e. The molecule has 3 rings (SSSR count). The summed E-state index contributed by atoms with van der Waals surface area (Å²) in [5, 5.41) is 29.8. The molecule has 0 fully saturated rings. The number of phenolic OH excluding ortho intramolecular Hbond substituents is 3. The number of nitrogens with zero attached hydrogens (tertiary/aromatic N) is 1. The summed E-state index contributed by atoms with van der Waals surface area (Å²) in [5.74, 6) is -0.541. The molecule has 0 radical (unpaired) electrons. The van der Waals surface area contributed by atoms with E-state index in [1.165, 1.54) is 12.1 Å². The monoisotopic (exact) mass is 279 g/mol. The van der Waals surface area contributed by atoms with Crippen LogP contribution in [-0.4, -0.2) is 20.3 Å². The van der Waals surface area contributed by atoms with E-state index in [1.807, 2.05) is 30.3 Å². The average molecular weight is 279 g/mol. The van der Waals surface area contributed by atoms with Crippen LogP contribution in [-0.2, 0) is 0 Å². The van der Waals surface area contributed by atoms with E-state index in [9.17, 15) is 15.3 Å². The smallest absolute Gasteiger partial charge is 0.130 e. The molecule has 1 aromatic heterocycles. The topological polar surface area (TPSA) is 73.6 Å². The lowest BCUT2D eigenvalue weighted by Gasteiger charge is -2.04. The van der Waals surface area contributed by atoms with Gasteiger partial charge in [0.1, 0.15) is 17.2 Å². The summed E-state index contributed by atoms with van der Waals surface area (Å²) in [6, 6.07) is 11.9. The molecule has 0 saturated heterocycles. The summed E-state index contributed by atoms with van der Waals surface area (Å²) in [4.78, 5) is 4.28. The maximum Gasteiger partial charge on any atom is 0.130 e. The van der Waals surface area contributed by atoms with Crippen LogP contribution in [0.5, 0.6) is 17.2 Å². The molecule has 3 N–H and O–H groups in total. The van der Waals surface area contributed by atoms with E-state index in [4.69, 9.17) is 0 Å².